The number of phenolic OH excluding ortho intramolecular Hbond substituents is 1. The van der Waals surface area contributed by atoms with Crippen LogP contribution in [0.4, 0.5) is 10.5 Å². The van der Waals surface area contributed by atoms with Gasteiger partial charge < -0.3 is 20.5 Å². The number of hydrogen-bond acceptors (Lipinski definition) is 3. The molecular weight excluding hydrogens is 184 g/mol. The summed E-state index contributed by atoms with van der Waals surface area (Å²) in [4.78, 5) is 21.0. The Hall–Kier alpha value is -2.04. The van der Waals surface area contributed by atoms with Crippen LogP contribution in [0.5, 0.6) is 5.75 Å². The lowest BCUT2D eigenvalue weighted by Crippen LogP contribution is -2.30. The van der Waals surface area contributed by atoms with Crippen molar-refractivity contribution in [3.05, 3.63) is 24.3 Å². The van der Waals surface area contributed by atoms with Crippen molar-refractivity contribution in [1.29, 1.82) is 0 Å². The molecule has 1 rings (SSSR count). The van der Waals surface area contributed by atoms with Gasteiger partial charge in [0.15, 0.2) is 0 Å². The van der Waals surface area contributed by atoms with Crippen molar-refractivity contribution >= 4 is 18.0 Å². The Kier molecular flexibility index (Phi) is 3.49. The number of nitrogens with one attached hydrogen (secondary N) is 2. The highest BCUT2D eigenvalue weighted by Crippen LogP contribution is 2.20. The molecule has 0 atom stereocenters. The van der Waals surface area contributed by atoms with Gasteiger partial charge in [0.2, 0.25) is 0 Å². The number of amides is 2. The summed E-state index contributed by atoms with van der Waals surface area (Å²) in [5.74, 6) is -0.0197. The van der Waals surface area contributed by atoms with E-state index in [1.807, 2.05) is 0 Å². The van der Waals surface area contributed by atoms with E-state index >= 15 is 0 Å². The lowest BCUT2D eigenvalue weighted by molar-refractivity contribution is -0.107. The van der Waals surface area contributed by atoms with Crippen LogP contribution in [0, 0.1) is 0 Å². The molecular formula is C9H10N2O3. The van der Waals surface area contributed by atoms with E-state index in [0.29, 0.717) is 12.0 Å². The minimum atomic E-state index is -0.529. The van der Waals surface area contributed by atoms with Gasteiger partial charge in [0.1, 0.15) is 12.0 Å². The fourth-order valence-electron chi connectivity index (χ4n) is 0.880. The number of benzene rings is 1. The molecule has 2 amide bonds. The number of rotatable bonds is 3. The Labute approximate surface area is 80.7 Å². The summed E-state index contributed by atoms with van der Waals surface area (Å²) in [6.45, 7) is -0.0561. The SMILES string of the molecule is O=CCNC(=O)Nc1ccccc1O. The minimum Gasteiger partial charge on any atom is -0.506 e. The van der Waals surface area contributed by atoms with E-state index in [1.165, 1.54) is 6.07 Å². The van der Waals surface area contributed by atoms with Gasteiger partial charge in [-0.15, -0.1) is 0 Å². The molecule has 0 unspecified atom stereocenters. The number of hydrogen-bond donors (Lipinski definition) is 3. The van der Waals surface area contributed by atoms with Crippen molar-refractivity contribution < 1.29 is 14.7 Å². The summed E-state index contributed by atoms with van der Waals surface area (Å²) >= 11 is 0. The molecule has 0 aliphatic heterocycles. The molecule has 0 saturated heterocycles. The first-order valence-electron chi connectivity index (χ1n) is 4.00. The molecule has 74 valence electrons. The van der Waals surface area contributed by atoms with Crippen LogP contribution in [-0.2, 0) is 4.79 Å². The average Bonchev–Trinajstić information content (AvgIpc) is 2.18. The number of phenols is 1. The maximum atomic E-state index is 11.0. The first-order chi connectivity index (χ1) is 6.74. The van der Waals surface area contributed by atoms with Gasteiger partial charge in [0.05, 0.1) is 12.2 Å². The number of carbonyl (C=O) groups excluding carboxylic acids is 2. The zero-order chi connectivity index (χ0) is 10.4. The third-order valence-electron chi connectivity index (χ3n) is 1.50. The van der Waals surface area contributed by atoms with Crippen LogP contribution in [0.25, 0.3) is 0 Å². The molecule has 5 heteroatoms. The Morgan fingerprint density at radius 3 is 2.79 bits per heavy atom. The highest BCUT2D eigenvalue weighted by atomic mass is 16.3. The Balaban J connectivity index is 2.56. The predicted octanol–water partition coefficient (Wildman–Crippen LogP) is 0.713. The number of para-hydroxylation sites is 2. The molecule has 0 radical (unpaired) electrons. The zero-order valence-electron chi connectivity index (χ0n) is 7.36. The monoisotopic (exact) mass is 194 g/mol. The second-order valence-electron chi connectivity index (χ2n) is 2.52. The second-order valence-corrected chi connectivity index (χ2v) is 2.52. The molecule has 5 nitrogen and oxygen atoms in total. The van der Waals surface area contributed by atoms with Crippen LogP contribution in [0.1, 0.15) is 0 Å². The van der Waals surface area contributed by atoms with Crippen molar-refractivity contribution in [2.24, 2.45) is 0 Å². The van der Waals surface area contributed by atoms with Gasteiger partial charge in [-0.2, -0.15) is 0 Å². The van der Waals surface area contributed by atoms with E-state index in [2.05, 4.69) is 10.6 Å². The standard InChI is InChI=1S/C9H10N2O3/c12-6-5-10-9(14)11-7-3-1-2-4-8(7)13/h1-4,6,13H,5H2,(H2,10,11,14). The largest absolute Gasteiger partial charge is 0.506 e. The van der Waals surface area contributed by atoms with Gasteiger partial charge in [-0.05, 0) is 12.1 Å². The average molecular weight is 194 g/mol. The van der Waals surface area contributed by atoms with Gasteiger partial charge in [-0.1, -0.05) is 12.1 Å². The van der Waals surface area contributed by atoms with Crippen molar-refractivity contribution in [2.75, 3.05) is 11.9 Å². The van der Waals surface area contributed by atoms with Gasteiger partial charge in [0, 0.05) is 0 Å². The van der Waals surface area contributed by atoms with E-state index in [9.17, 15) is 14.7 Å². The lowest BCUT2D eigenvalue weighted by Gasteiger charge is -2.06. The lowest BCUT2D eigenvalue weighted by atomic mass is 10.3. The van der Waals surface area contributed by atoms with Crippen molar-refractivity contribution in [3.8, 4) is 5.75 Å². The topological polar surface area (TPSA) is 78.4 Å². The third kappa shape index (κ3) is 2.78. The molecule has 0 heterocycles. The van der Waals surface area contributed by atoms with Crippen LogP contribution in [0.3, 0.4) is 0 Å². The number of aldehydes is 1. The van der Waals surface area contributed by atoms with Crippen LogP contribution < -0.4 is 10.6 Å². The Bertz CT molecular complexity index is 339. The quantitative estimate of drug-likeness (QED) is 0.490. The van der Waals surface area contributed by atoms with Gasteiger partial charge in [-0.3, -0.25) is 0 Å². The number of anilines is 1. The first-order valence-corrected chi connectivity index (χ1v) is 4.00. The van der Waals surface area contributed by atoms with E-state index in [4.69, 9.17) is 0 Å². The smallest absolute Gasteiger partial charge is 0.319 e. The van der Waals surface area contributed by atoms with Crippen LogP contribution in [-0.4, -0.2) is 24.0 Å². The molecule has 3 N–H and O–H groups in total. The van der Waals surface area contributed by atoms with Crippen molar-refractivity contribution in [3.63, 3.8) is 0 Å². The summed E-state index contributed by atoms with van der Waals surface area (Å²) in [6.07, 6.45) is 0.574. The maximum absolute atomic E-state index is 11.0. The summed E-state index contributed by atoms with van der Waals surface area (Å²) in [5.41, 5.74) is 0.302. The number of urea groups is 1. The zero-order valence-corrected chi connectivity index (χ0v) is 7.36. The summed E-state index contributed by atoms with van der Waals surface area (Å²) in [6, 6.07) is 5.79. The normalized spacial score (nSPS) is 9.14. The molecule has 0 aliphatic carbocycles. The van der Waals surface area contributed by atoms with E-state index in [0.717, 1.165) is 0 Å². The molecule has 0 spiro atoms. The third-order valence-corrected chi connectivity index (χ3v) is 1.50. The van der Waals surface area contributed by atoms with Crippen molar-refractivity contribution in [1.82, 2.24) is 5.32 Å². The van der Waals surface area contributed by atoms with Crippen LogP contribution in [0.2, 0.25) is 0 Å². The van der Waals surface area contributed by atoms with Gasteiger partial charge in [-0.25, -0.2) is 4.79 Å². The van der Waals surface area contributed by atoms with Crippen LogP contribution in [0.15, 0.2) is 24.3 Å². The van der Waals surface area contributed by atoms with Crippen molar-refractivity contribution in [2.45, 2.75) is 0 Å². The highest BCUT2D eigenvalue weighted by Gasteiger charge is 2.03. The Morgan fingerprint density at radius 2 is 2.14 bits per heavy atom. The molecule has 0 bridgehead atoms. The number of carbonyl (C=O) groups is 2. The molecule has 1 aromatic carbocycles. The van der Waals surface area contributed by atoms with Crippen LogP contribution >= 0.6 is 0 Å². The van der Waals surface area contributed by atoms with Gasteiger partial charge >= 0.3 is 6.03 Å². The molecule has 0 saturated carbocycles. The number of aromatic hydroxyl groups is 1. The second kappa shape index (κ2) is 4.86. The van der Waals surface area contributed by atoms with Gasteiger partial charge in [0.25, 0.3) is 0 Å². The first kappa shape index (κ1) is 10.0. The highest BCUT2D eigenvalue weighted by molar-refractivity contribution is 5.91. The molecule has 0 aliphatic rings. The fourth-order valence-corrected chi connectivity index (χ4v) is 0.880. The van der Waals surface area contributed by atoms with E-state index in [-0.39, 0.29) is 12.3 Å². The molecule has 0 fully saturated rings. The fraction of sp³-hybridized carbons (Fsp3) is 0.111. The summed E-state index contributed by atoms with van der Waals surface area (Å²) < 4.78 is 0. The molecule has 0 aromatic heterocycles. The molecule has 1 aromatic rings. The maximum Gasteiger partial charge on any atom is 0.319 e. The Morgan fingerprint density at radius 1 is 1.43 bits per heavy atom. The van der Waals surface area contributed by atoms with E-state index < -0.39 is 6.03 Å². The minimum absolute atomic E-state index is 0.0197. The van der Waals surface area contributed by atoms with E-state index in [1.54, 1.807) is 18.2 Å². The summed E-state index contributed by atoms with van der Waals surface area (Å²) in [7, 11) is 0. The molecule has 14 heavy (non-hydrogen) atoms. The predicted molar refractivity (Wildman–Crippen MR) is 51.2 cm³/mol. The summed E-state index contributed by atoms with van der Waals surface area (Å²) in [5, 5.41) is 13.9.